The van der Waals surface area contributed by atoms with Crippen molar-refractivity contribution in [3.8, 4) is 0 Å². The minimum Gasteiger partial charge on any atom is -0.329 e. The Morgan fingerprint density at radius 2 is 1.68 bits per heavy atom. The van der Waals surface area contributed by atoms with Gasteiger partial charge in [-0.15, -0.1) is 0 Å². The average Bonchev–Trinajstić information content (AvgIpc) is 2.42. The predicted molar refractivity (Wildman–Crippen MR) is 83.1 cm³/mol. The van der Waals surface area contributed by atoms with Crippen molar-refractivity contribution in [1.82, 2.24) is 4.90 Å². The van der Waals surface area contributed by atoms with Crippen molar-refractivity contribution in [2.75, 3.05) is 13.6 Å². The van der Waals surface area contributed by atoms with Crippen molar-refractivity contribution in [2.45, 2.75) is 77.3 Å². The maximum atomic E-state index is 6.26. The van der Waals surface area contributed by atoms with Gasteiger partial charge in [0.15, 0.2) is 0 Å². The number of rotatable bonds is 3. The maximum absolute atomic E-state index is 6.26. The second kappa shape index (κ2) is 6.13. The van der Waals surface area contributed by atoms with Gasteiger partial charge < -0.3 is 5.73 Å². The normalized spacial score (nSPS) is 44.5. The first-order valence-corrected chi connectivity index (χ1v) is 8.43. The highest BCUT2D eigenvalue weighted by molar-refractivity contribution is 4.99. The lowest BCUT2D eigenvalue weighted by Crippen LogP contribution is -2.60. The molecule has 0 heterocycles. The van der Waals surface area contributed by atoms with Crippen LogP contribution in [-0.4, -0.2) is 30.1 Å². The summed E-state index contributed by atoms with van der Waals surface area (Å²) in [6, 6.07) is 0.762. The van der Waals surface area contributed by atoms with Crippen molar-refractivity contribution >= 4 is 0 Å². The summed E-state index contributed by atoms with van der Waals surface area (Å²) in [4.78, 5) is 2.71. The molecule has 2 aliphatic carbocycles. The van der Waals surface area contributed by atoms with Crippen LogP contribution in [0.25, 0.3) is 0 Å². The van der Waals surface area contributed by atoms with Crippen LogP contribution in [0, 0.1) is 17.8 Å². The maximum Gasteiger partial charge on any atom is 0.0334 e. The summed E-state index contributed by atoms with van der Waals surface area (Å²) >= 11 is 0. The summed E-state index contributed by atoms with van der Waals surface area (Å²) in [5, 5.41) is 0. The first kappa shape index (κ1) is 15.3. The molecule has 2 rings (SSSR count). The van der Waals surface area contributed by atoms with Gasteiger partial charge in [-0.3, -0.25) is 4.90 Å². The van der Waals surface area contributed by atoms with Crippen LogP contribution in [0.15, 0.2) is 0 Å². The van der Waals surface area contributed by atoms with E-state index in [1.807, 2.05) is 0 Å². The Morgan fingerprint density at radius 1 is 1.00 bits per heavy atom. The van der Waals surface area contributed by atoms with E-state index in [1.54, 1.807) is 0 Å². The van der Waals surface area contributed by atoms with E-state index in [-0.39, 0.29) is 5.54 Å². The van der Waals surface area contributed by atoms with E-state index in [9.17, 15) is 0 Å². The largest absolute Gasteiger partial charge is 0.329 e. The molecule has 2 nitrogen and oxygen atoms in total. The molecule has 0 amide bonds. The second-order valence-corrected chi connectivity index (χ2v) is 7.57. The van der Waals surface area contributed by atoms with E-state index in [0.29, 0.717) is 0 Å². The SMILES string of the molecule is CC1CCC(CN)(N(C)C2CCCCC2C)CC1C. The second-order valence-electron chi connectivity index (χ2n) is 7.57. The molecule has 2 aliphatic rings. The summed E-state index contributed by atoms with van der Waals surface area (Å²) in [5.74, 6) is 2.53. The lowest BCUT2D eigenvalue weighted by atomic mass is 9.69. The van der Waals surface area contributed by atoms with Gasteiger partial charge in [0.25, 0.3) is 0 Å². The number of likely N-dealkylation sites (N-methyl/N-ethyl adjacent to an activating group) is 1. The molecule has 2 heteroatoms. The molecular weight excluding hydrogens is 232 g/mol. The van der Waals surface area contributed by atoms with Gasteiger partial charge in [-0.25, -0.2) is 0 Å². The molecule has 0 spiro atoms. The average molecular weight is 266 g/mol. The van der Waals surface area contributed by atoms with E-state index in [0.717, 1.165) is 30.3 Å². The molecule has 0 radical (unpaired) electrons. The fourth-order valence-corrected chi connectivity index (χ4v) is 4.56. The van der Waals surface area contributed by atoms with Crippen molar-refractivity contribution in [1.29, 1.82) is 0 Å². The molecule has 0 aromatic rings. The van der Waals surface area contributed by atoms with Gasteiger partial charge in [0.05, 0.1) is 0 Å². The number of hydrogen-bond donors (Lipinski definition) is 1. The third-order valence-corrected chi connectivity index (χ3v) is 6.43. The third kappa shape index (κ3) is 3.00. The summed E-state index contributed by atoms with van der Waals surface area (Å²) in [6.45, 7) is 8.11. The quantitative estimate of drug-likeness (QED) is 0.845. The first-order chi connectivity index (χ1) is 9.00. The molecule has 19 heavy (non-hydrogen) atoms. The molecule has 0 saturated heterocycles. The van der Waals surface area contributed by atoms with Crippen molar-refractivity contribution in [3.63, 3.8) is 0 Å². The molecule has 5 unspecified atom stereocenters. The van der Waals surface area contributed by atoms with Gasteiger partial charge in [-0.05, 0) is 56.9 Å². The van der Waals surface area contributed by atoms with Gasteiger partial charge in [-0.1, -0.05) is 33.6 Å². The van der Waals surface area contributed by atoms with Crippen LogP contribution in [0.1, 0.15) is 65.7 Å². The minimum absolute atomic E-state index is 0.280. The molecule has 0 aromatic carbocycles. The lowest BCUT2D eigenvalue weighted by molar-refractivity contribution is -0.0161. The van der Waals surface area contributed by atoms with Crippen LogP contribution in [0.5, 0.6) is 0 Å². The molecule has 2 fully saturated rings. The van der Waals surface area contributed by atoms with E-state index < -0.39 is 0 Å². The highest BCUT2D eigenvalue weighted by Gasteiger charge is 2.43. The Kier molecular flexibility index (Phi) is 4.94. The number of hydrogen-bond acceptors (Lipinski definition) is 2. The van der Waals surface area contributed by atoms with Gasteiger partial charge in [0, 0.05) is 18.1 Å². The molecule has 5 atom stereocenters. The van der Waals surface area contributed by atoms with Gasteiger partial charge in [0.2, 0.25) is 0 Å². The zero-order valence-corrected chi connectivity index (χ0v) is 13.5. The molecule has 0 bridgehead atoms. The Morgan fingerprint density at radius 3 is 2.26 bits per heavy atom. The topological polar surface area (TPSA) is 29.3 Å². The fourth-order valence-electron chi connectivity index (χ4n) is 4.56. The summed E-state index contributed by atoms with van der Waals surface area (Å²) in [6.07, 6.45) is 9.56. The lowest BCUT2D eigenvalue weighted by Gasteiger charge is -2.53. The molecular formula is C17H34N2. The van der Waals surface area contributed by atoms with Gasteiger partial charge in [0.1, 0.15) is 0 Å². The van der Waals surface area contributed by atoms with Gasteiger partial charge >= 0.3 is 0 Å². The molecule has 2 saturated carbocycles. The Hall–Kier alpha value is -0.0800. The fraction of sp³-hybridized carbons (Fsp3) is 1.00. The van der Waals surface area contributed by atoms with Crippen LogP contribution < -0.4 is 5.73 Å². The summed E-state index contributed by atoms with van der Waals surface area (Å²) < 4.78 is 0. The molecule has 0 aliphatic heterocycles. The highest BCUT2D eigenvalue weighted by Crippen LogP contribution is 2.42. The summed E-state index contributed by atoms with van der Waals surface area (Å²) in [7, 11) is 2.36. The van der Waals surface area contributed by atoms with Crippen molar-refractivity contribution in [2.24, 2.45) is 23.5 Å². The Bertz CT molecular complexity index is 291. The third-order valence-electron chi connectivity index (χ3n) is 6.43. The monoisotopic (exact) mass is 266 g/mol. The standard InChI is InChI=1S/C17H34N2/c1-13-9-10-17(12-18,11-15(13)3)19(4)16-8-6-5-7-14(16)2/h13-16H,5-12,18H2,1-4H3. The van der Waals surface area contributed by atoms with Gasteiger partial charge in [-0.2, -0.15) is 0 Å². The van der Waals surface area contributed by atoms with Crippen molar-refractivity contribution < 1.29 is 0 Å². The molecule has 2 N–H and O–H groups in total. The van der Waals surface area contributed by atoms with E-state index in [2.05, 4.69) is 32.7 Å². The van der Waals surface area contributed by atoms with Crippen LogP contribution in [0.3, 0.4) is 0 Å². The Labute approximate surface area is 120 Å². The smallest absolute Gasteiger partial charge is 0.0334 e. The molecule has 112 valence electrons. The summed E-state index contributed by atoms with van der Waals surface area (Å²) in [5.41, 5.74) is 6.54. The highest BCUT2D eigenvalue weighted by atomic mass is 15.2. The number of nitrogens with zero attached hydrogens (tertiary/aromatic N) is 1. The minimum atomic E-state index is 0.280. The predicted octanol–water partition coefficient (Wildman–Crippen LogP) is 3.65. The zero-order chi connectivity index (χ0) is 14.0. The zero-order valence-electron chi connectivity index (χ0n) is 13.5. The van der Waals surface area contributed by atoms with E-state index in [1.165, 1.54) is 44.9 Å². The van der Waals surface area contributed by atoms with Crippen molar-refractivity contribution in [3.05, 3.63) is 0 Å². The van der Waals surface area contributed by atoms with E-state index in [4.69, 9.17) is 5.73 Å². The first-order valence-electron chi connectivity index (χ1n) is 8.43. The van der Waals surface area contributed by atoms with Crippen LogP contribution >= 0.6 is 0 Å². The number of nitrogens with two attached hydrogens (primary N) is 1. The van der Waals surface area contributed by atoms with Crippen LogP contribution in [0.2, 0.25) is 0 Å². The van der Waals surface area contributed by atoms with E-state index >= 15 is 0 Å². The van der Waals surface area contributed by atoms with Crippen LogP contribution in [-0.2, 0) is 0 Å². The molecule has 0 aromatic heterocycles. The Balaban J connectivity index is 2.11. The van der Waals surface area contributed by atoms with Crippen LogP contribution in [0.4, 0.5) is 0 Å².